The van der Waals surface area contributed by atoms with Gasteiger partial charge in [0, 0.05) is 21.2 Å². The van der Waals surface area contributed by atoms with E-state index in [9.17, 15) is 8.76 Å². The van der Waals surface area contributed by atoms with Crippen molar-refractivity contribution in [2.75, 3.05) is 11.4 Å². The maximum absolute atomic E-state index is 11.2. The lowest BCUT2D eigenvalue weighted by molar-refractivity contribution is 0.537. The third-order valence-electron chi connectivity index (χ3n) is 3.45. The predicted octanol–water partition coefficient (Wildman–Crippen LogP) is 2.84. The lowest BCUT2D eigenvalue weighted by atomic mass is 10.1. The topological polar surface area (TPSA) is 81.8 Å². The normalized spacial score (nSPS) is 14.7. The minimum atomic E-state index is -2.23. The summed E-state index contributed by atoms with van der Waals surface area (Å²) >= 11 is -0.608. The summed E-state index contributed by atoms with van der Waals surface area (Å²) in [6, 6.07) is 11.2. The Hall–Kier alpha value is -1.83. The molecule has 0 saturated heterocycles. The first kappa shape index (κ1) is 15.1. The maximum Gasteiger partial charge on any atom is 0.0564 e. The first-order valence-electron chi connectivity index (χ1n) is 6.70. The predicted molar refractivity (Wildman–Crippen MR) is 88.7 cm³/mol. The van der Waals surface area contributed by atoms with Gasteiger partial charge in [-0.25, -0.2) is 0 Å². The Balaban J connectivity index is 2.11. The molecule has 0 amide bonds. The zero-order valence-electron chi connectivity index (χ0n) is 11.9. The van der Waals surface area contributed by atoms with Crippen LogP contribution in [0, 0.1) is 0 Å². The second-order valence-electron chi connectivity index (χ2n) is 4.72. The quantitative estimate of drug-likeness (QED) is 0.404. The molecule has 0 aromatic heterocycles. The van der Waals surface area contributed by atoms with Gasteiger partial charge in [-0.1, -0.05) is 17.8 Å². The van der Waals surface area contributed by atoms with Gasteiger partial charge in [-0.05, 0) is 53.9 Å². The van der Waals surface area contributed by atoms with Crippen molar-refractivity contribution in [1.82, 2.24) is 0 Å². The van der Waals surface area contributed by atoms with Gasteiger partial charge >= 0.3 is 0 Å². The monoisotopic (exact) mass is 332 g/mol. The Morgan fingerprint density at radius 1 is 1.27 bits per heavy atom. The molecule has 2 aromatic rings. The zero-order chi connectivity index (χ0) is 15.7. The summed E-state index contributed by atoms with van der Waals surface area (Å²) in [6.07, 6.45) is 1.61. The van der Waals surface area contributed by atoms with E-state index >= 15 is 0 Å². The van der Waals surface area contributed by atoms with Crippen molar-refractivity contribution in [1.29, 1.82) is 0 Å². The molecule has 0 fully saturated rings. The molecular formula is C15H14N3O2S2-. The summed E-state index contributed by atoms with van der Waals surface area (Å²) in [5.41, 5.74) is 2.91. The smallest absolute Gasteiger partial charge is 0.0564 e. The summed E-state index contributed by atoms with van der Waals surface area (Å²) in [5, 5.41) is 3.55. The van der Waals surface area contributed by atoms with E-state index in [1.54, 1.807) is 30.1 Å². The van der Waals surface area contributed by atoms with Crippen LogP contribution in [0.2, 0.25) is 0 Å². The fourth-order valence-electron chi connectivity index (χ4n) is 2.49. The standard InChI is InChI=1S/C15H15N3O2S2/c1-2-18-12-5-3-10(9-17-16)7-15(12)21-14-6-4-11(22(19)20)8-13(14)18/h3-9H,2,16H2,1H3,(H,19,20)/p-1/b17-9+. The Labute approximate surface area is 135 Å². The number of nitrogens with zero attached hydrogens (tertiary/aromatic N) is 2. The number of nitrogens with two attached hydrogens (primary N) is 1. The first-order chi connectivity index (χ1) is 10.6. The number of rotatable bonds is 3. The molecule has 0 aliphatic carbocycles. The van der Waals surface area contributed by atoms with E-state index in [4.69, 9.17) is 5.84 Å². The van der Waals surface area contributed by atoms with Crippen molar-refractivity contribution in [3.8, 4) is 0 Å². The van der Waals surface area contributed by atoms with E-state index in [-0.39, 0.29) is 0 Å². The third kappa shape index (κ3) is 2.63. The van der Waals surface area contributed by atoms with E-state index in [1.165, 1.54) is 0 Å². The third-order valence-corrected chi connectivity index (χ3v) is 5.20. The zero-order valence-corrected chi connectivity index (χ0v) is 13.5. The van der Waals surface area contributed by atoms with Crippen molar-refractivity contribution in [2.45, 2.75) is 21.6 Å². The molecule has 22 heavy (non-hydrogen) atoms. The van der Waals surface area contributed by atoms with Crippen molar-refractivity contribution >= 4 is 40.4 Å². The highest BCUT2D eigenvalue weighted by atomic mass is 32.2. The molecule has 2 aromatic carbocycles. The molecule has 3 rings (SSSR count). The van der Waals surface area contributed by atoms with E-state index in [2.05, 4.69) is 10.0 Å². The second kappa shape index (κ2) is 6.12. The second-order valence-corrected chi connectivity index (χ2v) is 6.74. The fourth-order valence-corrected chi connectivity index (χ4v) is 4.00. The van der Waals surface area contributed by atoms with Crippen LogP contribution in [-0.4, -0.2) is 21.5 Å². The van der Waals surface area contributed by atoms with Crippen molar-refractivity contribution in [3.63, 3.8) is 0 Å². The van der Waals surface area contributed by atoms with E-state index in [1.807, 2.05) is 31.2 Å². The van der Waals surface area contributed by atoms with Crippen LogP contribution in [-0.2, 0) is 11.1 Å². The summed E-state index contributed by atoms with van der Waals surface area (Å²) in [6.45, 7) is 2.79. The highest BCUT2D eigenvalue weighted by Gasteiger charge is 2.22. The van der Waals surface area contributed by atoms with Gasteiger partial charge in [-0.15, -0.1) is 0 Å². The molecule has 0 radical (unpaired) electrons. The lowest BCUT2D eigenvalue weighted by Gasteiger charge is -2.32. The van der Waals surface area contributed by atoms with Gasteiger partial charge in [-0.2, -0.15) is 5.10 Å². The molecule has 0 bridgehead atoms. The Morgan fingerprint density at radius 3 is 2.77 bits per heavy atom. The van der Waals surface area contributed by atoms with Crippen LogP contribution >= 0.6 is 11.8 Å². The molecule has 5 nitrogen and oxygen atoms in total. The molecule has 114 valence electrons. The molecule has 1 heterocycles. The average molecular weight is 332 g/mol. The van der Waals surface area contributed by atoms with Crippen molar-refractivity contribution in [2.24, 2.45) is 10.9 Å². The number of hydrogen-bond donors (Lipinski definition) is 1. The molecule has 1 atom stereocenters. The fraction of sp³-hybridized carbons (Fsp3) is 0.133. The molecule has 2 N–H and O–H groups in total. The minimum absolute atomic E-state index is 0.299. The van der Waals surface area contributed by atoms with Gasteiger partial charge in [0.25, 0.3) is 0 Å². The SMILES string of the molecule is CCN1c2ccc(/C=N/N)cc2Sc2ccc(S(=O)[O-])cc21. The molecule has 1 aliphatic heterocycles. The Kier molecular flexibility index (Phi) is 4.19. The van der Waals surface area contributed by atoms with Gasteiger partial charge in [-0.3, -0.25) is 4.21 Å². The van der Waals surface area contributed by atoms with Crippen LogP contribution in [0.1, 0.15) is 12.5 Å². The van der Waals surface area contributed by atoms with Crippen LogP contribution in [0.4, 0.5) is 11.4 Å². The largest absolute Gasteiger partial charge is 0.768 e. The maximum atomic E-state index is 11.2. The van der Waals surface area contributed by atoms with Gasteiger partial charge in [0.15, 0.2) is 0 Å². The van der Waals surface area contributed by atoms with Gasteiger partial charge in [0.1, 0.15) is 0 Å². The van der Waals surface area contributed by atoms with E-state index in [0.29, 0.717) is 4.90 Å². The highest BCUT2D eigenvalue weighted by Crippen LogP contribution is 2.48. The van der Waals surface area contributed by atoms with Crippen molar-refractivity contribution in [3.05, 3.63) is 42.0 Å². The number of fused-ring (bicyclic) bond motifs is 2. The van der Waals surface area contributed by atoms with E-state index in [0.717, 1.165) is 33.3 Å². The molecule has 1 unspecified atom stereocenters. The molecule has 7 heteroatoms. The van der Waals surface area contributed by atoms with E-state index < -0.39 is 11.1 Å². The molecule has 0 saturated carbocycles. The Morgan fingerprint density at radius 2 is 2.09 bits per heavy atom. The first-order valence-corrected chi connectivity index (χ1v) is 8.59. The van der Waals surface area contributed by atoms with Gasteiger partial charge in [0.2, 0.25) is 0 Å². The molecule has 0 spiro atoms. The molecular weight excluding hydrogens is 318 g/mol. The molecule has 1 aliphatic rings. The number of hydrogen-bond acceptors (Lipinski definition) is 6. The number of hydrazone groups is 1. The van der Waals surface area contributed by atoms with Crippen LogP contribution in [0.25, 0.3) is 0 Å². The summed E-state index contributed by atoms with van der Waals surface area (Å²) in [5.74, 6) is 5.21. The van der Waals surface area contributed by atoms with Gasteiger partial charge in [0.05, 0.1) is 17.6 Å². The Bertz CT molecular complexity index is 777. The van der Waals surface area contributed by atoms with Crippen LogP contribution in [0.5, 0.6) is 0 Å². The highest BCUT2D eigenvalue weighted by molar-refractivity contribution is 7.99. The summed E-state index contributed by atoms with van der Waals surface area (Å²) in [7, 11) is 0. The van der Waals surface area contributed by atoms with Crippen LogP contribution < -0.4 is 10.7 Å². The number of benzene rings is 2. The summed E-state index contributed by atoms with van der Waals surface area (Å²) < 4.78 is 22.4. The van der Waals surface area contributed by atoms with Crippen LogP contribution in [0.15, 0.2) is 56.2 Å². The minimum Gasteiger partial charge on any atom is -0.768 e. The lowest BCUT2D eigenvalue weighted by Crippen LogP contribution is -2.20. The van der Waals surface area contributed by atoms with Crippen molar-refractivity contribution < 1.29 is 8.76 Å². The number of anilines is 2. The van der Waals surface area contributed by atoms with Gasteiger partial charge < -0.3 is 15.3 Å². The van der Waals surface area contributed by atoms with Crippen LogP contribution in [0.3, 0.4) is 0 Å². The summed E-state index contributed by atoms with van der Waals surface area (Å²) in [4.78, 5) is 4.54. The average Bonchev–Trinajstić information content (AvgIpc) is 2.52.